The first-order valence-corrected chi connectivity index (χ1v) is 9.55. The number of carbonyl (C=O) groups excluding carboxylic acids is 1. The zero-order valence-corrected chi connectivity index (χ0v) is 16.2. The first-order valence-electron chi connectivity index (χ1n) is 9.55. The van der Waals surface area contributed by atoms with Crippen molar-refractivity contribution in [2.45, 2.75) is 13.3 Å². The van der Waals surface area contributed by atoms with Gasteiger partial charge in [-0.2, -0.15) is 0 Å². The number of para-hydroxylation sites is 1. The molecule has 4 rings (SSSR count). The molecule has 0 spiro atoms. The Labute approximate surface area is 172 Å². The predicted molar refractivity (Wildman–Crippen MR) is 116 cm³/mol. The highest BCUT2D eigenvalue weighted by Gasteiger charge is 2.12. The van der Waals surface area contributed by atoms with Gasteiger partial charge in [0, 0.05) is 23.3 Å². The highest BCUT2D eigenvalue weighted by Crippen LogP contribution is 2.32. The fourth-order valence-corrected chi connectivity index (χ4v) is 3.42. The molecule has 4 nitrogen and oxygen atoms in total. The van der Waals surface area contributed by atoms with Crippen LogP contribution in [0.25, 0.3) is 22.0 Å². The second-order valence-corrected chi connectivity index (χ2v) is 6.80. The lowest BCUT2D eigenvalue weighted by molar-refractivity contribution is 0.262. The van der Waals surface area contributed by atoms with Crippen molar-refractivity contribution in [3.8, 4) is 11.1 Å². The molecule has 0 aliphatic carbocycles. The molecule has 0 saturated heterocycles. The van der Waals surface area contributed by atoms with Crippen LogP contribution in [-0.2, 0) is 6.42 Å². The lowest BCUT2D eigenvalue weighted by Gasteiger charge is -2.14. The van der Waals surface area contributed by atoms with Gasteiger partial charge in [-0.3, -0.25) is 4.98 Å². The van der Waals surface area contributed by atoms with E-state index in [1.807, 2.05) is 42.5 Å². The van der Waals surface area contributed by atoms with Crippen molar-refractivity contribution in [3.63, 3.8) is 0 Å². The fourth-order valence-electron chi connectivity index (χ4n) is 3.42. The second kappa shape index (κ2) is 8.29. The first-order chi connectivity index (χ1) is 14.5. The quantitative estimate of drug-likeness (QED) is 0.415. The van der Waals surface area contributed by atoms with E-state index in [-0.39, 0.29) is 5.69 Å². The maximum absolute atomic E-state index is 13.8. The summed E-state index contributed by atoms with van der Waals surface area (Å²) >= 11 is 0. The van der Waals surface area contributed by atoms with Crippen LogP contribution in [0.1, 0.15) is 12.5 Å². The summed E-state index contributed by atoms with van der Waals surface area (Å²) in [5.41, 5.74) is 4.48. The van der Waals surface area contributed by atoms with Gasteiger partial charge in [0.1, 0.15) is 11.6 Å². The number of urea groups is 1. The third-order valence-electron chi connectivity index (χ3n) is 4.87. The van der Waals surface area contributed by atoms with Crippen molar-refractivity contribution >= 4 is 28.3 Å². The number of aryl methyl sites for hydroxylation is 1. The lowest BCUT2D eigenvalue weighted by atomic mass is 9.95. The fraction of sp³-hybridized carbons (Fsp3) is 0.0833. The third-order valence-corrected chi connectivity index (χ3v) is 4.87. The Morgan fingerprint density at radius 1 is 0.933 bits per heavy atom. The van der Waals surface area contributed by atoms with Crippen LogP contribution in [0.3, 0.4) is 0 Å². The number of benzene rings is 3. The van der Waals surface area contributed by atoms with Crippen LogP contribution in [0.4, 0.5) is 25.0 Å². The molecule has 1 aromatic heterocycles. The van der Waals surface area contributed by atoms with E-state index in [0.717, 1.165) is 46.1 Å². The average Bonchev–Trinajstić information content (AvgIpc) is 2.75. The number of nitrogens with zero attached hydrogens (tertiary/aromatic N) is 1. The van der Waals surface area contributed by atoms with Crippen LogP contribution in [0.2, 0.25) is 0 Å². The Balaban J connectivity index is 1.65. The Bertz CT molecular complexity index is 1240. The zero-order chi connectivity index (χ0) is 21.1. The van der Waals surface area contributed by atoms with Crippen LogP contribution < -0.4 is 10.6 Å². The van der Waals surface area contributed by atoms with Gasteiger partial charge in [-0.1, -0.05) is 31.2 Å². The second-order valence-electron chi connectivity index (χ2n) is 6.80. The van der Waals surface area contributed by atoms with Crippen molar-refractivity contribution in [3.05, 3.63) is 90.1 Å². The normalized spacial score (nSPS) is 10.8. The summed E-state index contributed by atoms with van der Waals surface area (Å²) in [4.78, 5) is 16.8. The minimum atomic E-state index is -0.838. The molecule has 2 amide bonds. The first kappa shape index (κ1) is 19.5. The maximum Gasteiger partial charge on any atom is 0.323 e. The molecule has 0 atom stereocenters. The molecule has 2 N–H and O–H groups in total. The maximum atomic E-state index is 13.8. The van der Waals surface area contributed by atoms with Crippen molar-refractivity contribution in [1.82, 2.24) is 4.98 Å². The number of carbonyl (C=O) groups is 1. The molecule has 1 heterocycles. The molecule has 0 aliphatic heterocycles. The summed E-state index contributed by atoms with van der Waals surface area (Å²) in [5, 5.41) is 6.14. The molecule has 0 unspecified atom stereocenters. The van der Waals surface area contributed by atoms with Gasteiger partial charge in [0.25, 0.3) is 0 Å². The van der Waals surface area contributed by atoms with E-state index < -0.39 is 17.7 Å². The largest absolute Gasteiger partial charge is 0.323 e. The molecule has 150 valence electrons. The molecule has 6 heteroatoms. The summed E-state index contributed by atoms with van der Waals surface area (Å²) in [6, 6.07) is 17.8. The number of pyridine rings is 1. The molecule has 0 bridgehead atoms. The number of fused-ring (bicyclic) bond motifs is 1. The smallest absolute Gasteiger partial charge is 0.308 e. The number of hydrogen-bond acceptors (Lipinski definition) is 2. The number of hydrogen-bond donors (Lipinski definition) is 2. The van der Waals surface area contributed by atoms with Gasteiger partial charge in [-0.25, -0.2) is 13.6 Å². The molecule has 3 aromatic carbocycles. The van der Waals surface area contributed by atoms with E-state index in [1.54, 1.807) is 12.3 Å². The highest BCUT2D eigenvalue weighted by molar-refractivity contribution is 6.01. The molecule has 30 heavy (non-hydrogen) atoms. The number of nitrogens with one attached hydrogen (secondary N) is 2. The molecule has 0 fully saturated rings. The van der Waals surface area contributed by atoms with Gasteiger partial charge in [-0.05, 0) is 59.5 Å². The van der Waals surface area contributed by atoms with Crippen molar-refractivity contribution < 1.29 is 13.6 Å². The van der Waals surface area contributed by atoms with E-state index in [2.05, 4.69) is 22.5 Å². The monoisotopic (exact) mass is 403 g/mol. The van der Waals surface area contributed by atoms with Crippen molar-refractivity contribution in [1.29, 1.82) is 0 Å². The molecule has 4 aromatic rings. The van der Waals surface area contributed by atoms with Gasteiger partial charge in [0.15, 0.2) is 0 Å². The van der Waals surface area contributed by atoms with Crippen molar-refractivity contribution in [2.75, 3.05) is 10.6 Å². The van der Waals surface area contributed by atoms with E-state index in [4.69, 9.17) is 0 Å². The average molecular weight is 403 g/mol. The van der Waals surface area contributed by atoms with Crippen molar-refractivity contribution in [2.24, 2.45) is 0 Å². The Morgan fingerprint density at radius 2 is 1.77 bits per heavy atom. The van der Waals surface area contributed by atoms with Crippen LogP contribution in [-0.4, -0.2) is 11.0 Å². The standard InChI is InChI=1S/C24H19F2N3O/c1-2-15-7-9-17(28-24(30)29-23-10-8-16(25)13-21(23)26)14-20(15)18-11-12-27-22-6-4-3-5-19(18)22/h3-14H,2H2,1H3,(H2,28,29,30). The van der Waals surface area contributed by atoms with E-state index in [9.17, 15) is 13.6 Å². The predicted octanol–water partition coefficient (Wildman–Crippen LogP) is 6.39. The Kier molecular flexibility index (Phi) is 5.39. The third kappa shape index (κ3) is 3.98. The number of rotatable bonds is 4. The highest BCUT2D eigenvalue weighted by atomic mass is 19.1. The van der Waals surface area contributed by atoms with Crippen LogP contribution in [0.15, 0.2) is 72.9 Å². The van der Waals surface area contributed by atoms with Gasteiger partial charge >= 0.3 is 6.03 Å². The van der Waals surface area contributed by atoms with Gasteiger partial charge in [0.2, 0.25) is 0 Å². The van der Waals surface area contributed by atoms with Crippen LogP contribution in [0.5, 0.6) is 0 Å². The van der Waals surface area contributed by atoms with Crippen LogP contribution >= 0.6 is 0 Å². The van der Waals surface area contributed by atoms with Gasteiger partial charge < -0.3 is 10.6 Å². The SMILES string of the molecule is CCc1ccc(NC(=O)Nc2ccc(F)cc2F)cc1-c1ccnc2ccccc12. The summed E-state index contributed by atoms with van der Waals surface area (Å²) in [7, 11) is 0. The summed E-state index contributed by atoms with van der Waals surface area (Å²) in [5.74, 6) is -1.54. The molecular weight excluding hydrogens is 384 g/mol. The molecular formula is C24H19F2N3O. The molecule has 0 saturated carbocycles. The van der Waals surface area contributed by atoms with Crippen LogP contribution in [0, 0.1) is 11.6 Å². The minimum absolute atomic E-state index is 0.0978. The minimum Gasteiger partial charge on any atom is -0.308 e. The zero-order valence-electron chi connectivity index (χ0n) is 16.2. The number of amides is 2. The van der Waals surface area contributed by atoms with Gasteiger partial charge in [-0.15, -0.1) is 0 Å². The molecule has 0 radical (unpaired) electrons. The Morgan fingerprint density at radius 3 is 2.57 bits per heavy atom. The summed E-state index contributed by atoms with van der Waals surface area (Å²) in [6.45, 7) is 2.07. The Hall–Kier alpha value is -3.80. The lowest BCUT2D eigenvalue weighted by Crippen LogP contribution is -2.20. The summed E-state index contributed by atoms with van der Waals surface area (Å²) < 4.78 is 26.8. The number of aromatic nitrogens is 1. The van der Waals surface area contributed by atoms with E-state index in [0.29, 0.717) is 5.69 Å². The molecule has 0 aliphatic rings. The topological polar surface area (TPSA) is 54.0 Å². The number of halogens is 2. The summed E-state index contributed by atoms with van der Waals surface area (Å²) in [6.07, 6.45) is 2.58. The van der Waals surface area contributed by atoms with E-state index >= 15 is 0 Å². The van der Waals surface area contributed by atoms with Gasteiger partial charge in [0.05, 0.1) is 11.2 Å². The number of anilines is 2. The van der Waals surface area contributed by atoms with E-state index in [1.165, 1.54) is 6.07 Å².